The first-order chi connectivity index (χ1) is 18.2. The minimum absolute atomic E-state index is 0.182. The van der Waals surface area contributed by atoms with Crippen LogP contribution in [0.3, 0.4) is 0 Å². The molecule has 1 fully saturated rings. The van der Waals surface area contributed by atoms with Gasteiger partial charge < -0.3 is 49.6 Å². The van der Waals surface area contributed by atoms with Crippen molar-refractivity contribution in [2.24, 2.45) is 0 Å². The monoisotopic (exact) mass is 548 g/mol. The molecule has 220 valence electrons. The number of ether oxygens (including phenoxy) is 4. The molecule has 1 saturated heterocycles. The zero-order chi connectivity index (χ0) is 28.1. The van der Waals surface area contributed by atoms with Crippen LogP contribution in [0.4, 0.5) is 0 Å². The Labute approximate surface area is 223 Å². The smallest absolute Gasteiger partial charge is 0.378 e. The van der Waals surface area contributed by atoms with Gasteiger partial charge in [-0.3, -0.25) is 4.79 Å². The highest BCUT2D eigenvalue weighted by Crippen LogP contribution is 2.29. The molecule has 0 aromatic rings. The Kier molecular flexibility index (Phi) is 14.3. The molecule has 0 unspecified atom stereocenters. The van der Waals surface area contributed by atoms with Crippen molar-refractivity contribution in [1.82, 2.24) is 0 Å². The van der Waals surface area contributed by atoms with E-state index in [-0.39, 0.29) is 6.42 Å². The Hall–Kier alpha value is -1.96. The molecule has 2 heterocycles. The summed E-state index contributed by atoms with van der Waals surface area (Å²) in [4.78, 5) is 24.2. The van der Waals surface area contributed by atoms with Crippen molar-refractivity contribution in [3.63, 3.8) is 0 Å². The van der Waals surface area contributed by atoms with Gasteiger partial charge in [-0.15, -0.1) is 0 Å². The Bertz CT molecular complexity index is 755. The van der Waals surface area contributed by atoms with Crippen molar-refractivity contribution < 1.29 is 59.2 Å². The molecular weight excluding hydrogens is 504 g/mol. The van der Waals surface area contributed by atoms with Gasteiger partial charge in [-0.1, -0.05) is 71.1 Å². The number of rotatable bonds is 18. The molecule has 2 aliphatic rings. The second kappa shape index (κ2) is 16.9. The number of unbranched alkanes of at least 4 members (excludes halogenated alkanes) is 10. The van der Waals surface area contributed by atoms with E-state index in [2.05, 4.69) is 6.92 Å². The Morgan fingerprint density at radius 3 is 2.08 bits per heavy atom. The summed E-state index contributed by atoms with van der Waals surface area (Å²) in [5, 5.41) is 59.6. The van der Waals surface area contributed by atoms with E-state index < -0.39 is 79.6 Å². The standard InChI is InChI=1S/C26H44O12/c1-2-3-4-5-6-7-8-9-10-11-12-13-18(29)35-15-16(28)23-22(33)24(25(34)37-23)38-26-21(32)20(31)19(30)17(14-27)36-26/h16-17,19-21,23,26-28,30-33H,2-15H2,1H3/t16-,17+,19+,20-,21+,23+,26+/m0/s1. The van der Waals surface area contributed by atoms with Crippen LogP contribution in [0, 0.1) is 0 Å². The molecule has 0 aromatic heterocycles. The molecule has 0 aliphatic carbocycles. The highest BCUT2D eigenvalue weighted by atomic mass is 16.7. The average molecular weight is 549 g/mol. The molecule has 6 N–H and O–H groups in total. The normalized spacial score (nSPS) is 28.3. The van der Waals surface area contributed by atoms with Gasteiger partial charge >= 0.3 is 11.9 Å². The van der Waals surface area contributed by atoms with Crippen molar-refractivity contribution in [2.45, 2.75) is 127 Å². The van der Waals surface area contributed by atoms with Gasteiger partial charge in [0, 0.05) is 6.42 Å². The van der Waals surface area contributed by atoms with Crippen LogP contribution in [-0.2, 0) is 28.5 Å². The number of esters is 2. The van der Waals surface area contributed by atoms with Crippen molar-refractivity contribution in [1.29, 1.82) is 0 Å². The third-order valence-corrected chi connectivity index (χ3v) is 6.75. The number of hydrogen-bond donors (Lipinski definition) is 6. The van der Waals surface area contributed by atoms with Gasteiger partial charge in [0.15, 0.2) is 11.9 Å². The lowest BCUT2D eigenvalue weighted by atomic mass is 9.99. The van der Waals surface area contributed by atoms with Crippen LogP contribution in [0.25, 0.3) is 0 Å². The molecule has 12 nitrogen and oxygen atoms in total. The second-order valence-electron chi connectivity index (χ2n) is 9.89. The summed E-state index contributed by atoms with van der Waals surface area (Å²) in [6.45, 7) is 0.953. The van der Waals surface area contributed by atoms with Crippen molar-refractivity contribution in [3.8, 4) is 0 Å². The lowest BCUT2D eigenvalue weighted by Gasteiger charge is -2.39. The molecule has 2 rings (SSSR count). The Morgan fingerprint density at radius 2 is 1.50 bits per heavy atom. The molecule has 0 spiro atoms. The number of carbonyl (C=O) groups is 2. The molecule has 0 bridgehead atoms. The lowest BCUT2D eigenvalue weighted by Crippen LogP contribution is -2.59. The first-order valence-corrected chi connectivity index (χ1v) is 13.7. The Morgan fingerprint density at radius 1 is 0.921 bits per heavy atom. The highest BCUT2D eigenvalue weighted by Gasteiger charge is 2.48. The second-order valence-corrected chi connectivity index (χ2v) is 9.89. The average Bonchev–Trinajstić information content (AvgIpc) is 3.18. The largest absolute Gasteiger partial charge is 0.505 e. The molecule has 7 atom stereocenters. The summed E-state index contributed by atoms with van der Waals surface area (Å²) >= 11 is 0. The number of aliphatic hydroxyl groups is 6. The maximum atomic E-state index is 12.2. The van der Waals surface area contributed by atoms with Gasteiger partial charge in [0.2, 0.25) is 12.0 Å². The SMILES string of the molecule is CCCCCCCCCCCCCC(=O)OC[C@H](O)[C@H]1OC(=O)C(O[C@H]2O[C@H](CO)[C@@H](O)[C@H](O)[C@H]2O)=C1O. The quantitative estimate of drug-likeness (QED) is 0.106. The van der Waals surface area contributed by atoms with Crippen LogP contribution in [-0.4, -0.2) is 98.7 Å². The highest BCUT2D eigenvalue weighted by molar-refractivity contribution is 5.89. The zero-order valence-corrected chi connectivity index (χ0v) is 22.1. The number of cyclic esters (lactones) is 1. The minimum atomic E-state index is -1.82. The summed E-state index contributed by atoms with van der Waals surface area (Å²) < 4.78 is 20.2. The fraction of sp³-hybridized carbons (Fsp3) is 0.846. The summed E-state index contributed by atoms with van der Waals surface area (Å²) in [5.74, 6) is -3.31. The third kappa shape index (κ3) is 9.65. The van der Waals surface area contributed by atoms with Gasteiger partial charge in [-0.25, -0.2) is 4.79 Å². The fourth-order valence-corrected chi connectivity index (χ4v) is 4.38. The molecule has 0 saturated carbocycles. The summed E-state index contributed by atoms with van der Waals surface area (Å²) in [6, 6.07) is 0. The van der Waals surface area contributed by atoms with Crippen LogP contribution < -0.4 is 0 Å². The molecular formula is C26H44O12. The maximum Gasteiger partial charge on any atom is 0.378 e. The van der Waals surface area contributed by atoms with Crippen LogP contribution in [0.5, 0.6) is 0 Å². The molecule has 0 amide bonds. The topological polar surface area (TPSA) is 192 Å². The van der Waals surface area contributed by atoms with E-state index in [9.17, 15) is 40.2 Å². The maximum absolute atomic E-state index is 12.2. The summed E-state index contributed by atoms with van der Waals surface area (Å²) in [7, 11) is 0. The first-order valence-electron chi connectivity index (χ1n) is 13.7. The van der Waals surface area contributed by atoms with Crippen molar-refractivity contribution >= 4 is 11.9 Å². The molecule has 38 heavy (non-hydrogen) atoms. The minimum Gasteiger partial charge on any atom is -0.505 e. The predicted molar refractivity (Wildman–Crippen MR) is 132 cm³/mol. The van der Waals surface area contributed by atoms with Crippen LogP contribution in [0.1, 0.15) is 84.0 Å². The van der Waals surface area contributed by atoms with E-state index in [0.29, 0.717) is 6.42 Å². The molecule has 2 aliphatic heterocycles. The van der Waals surface area contributed by atoms with Crippen molar-refractivity contribution in [2.75, 3.05) is 13.2 Å². The Balaban J connectivity index is 1.68. The summed E-state index contributed by atoms with van der Waals surface area (Å²) in [5.41, 5.74) is 0. The van der Waals surface area contributed by atoms with Gasteiger partial charge in [-0.2, -0.15) is 0 Å². The molecule has 12 heteroatoms. The number of hydrogen-bond acceptors (Lipinski definition) is 12. The van der Waals surface area contributed by atoms with E-state index in [4.69, 9.17) is 18.9 Å². The summed E-state index contributed by atoms with van der Waals surface area (Å²) in [6.07, 6.45) is 1.38. The van der Waals surface area contributed by atoms with E-state index in [0.717, 1.165) is 19.3 Å². The lowest BCUT2D eigenvalue weighted by molar-refractivity contribution is -0.291. The van der Waals surface area contributed by atoms with E-state index in [1.165, 1.54) is 44.9 Å². The first kappa shape index (κ1) is 32.3. The van der Waals surface area contributed by atoms with E-state index >= 15 is 0 Å². The fourth-order valence-electron chi connectivity index (χ4n) is 4.38. The van der Waals surface area contributed by atoms with Gasteiger partial charge in [0.05, 0.1) is 6.61 Å². The van der Waals surface area contributed by atoms with Gasteiger partial charge in [0.1, 0.15) is 37.1 Å². The van der Waals surface area contributed by atoms with Crippen molar-refractivity contribution in [3.05, 3.63) is 11.5 Å². The zero-order valence-electron chi connectivity index (χ0n) is 22.1. The molecule has 0 aromatic carbocycles. The van der Waals surface area contributed by atoms with Crippen LogP contribution >= 0.6 is 0 Å². The van der Waals surface area contributed by atoms with Gasteiger partial charge in [0.25, 0.3) is 0 Å². The third-order valence-electron chi connectivity index (χ3n) is 6.75. The van der Waals surface area contributed by atoms with E-state index in [1.807, 2.05) is 0 Å². The number of carbonyl (C=O) groups excluding carboxylic acids is 2. The van der Waals surface area contributed by atoms with E-state index in [1.54, 1.807) is 0 Å². The number of aliphatic hydroxyl groups excluding tert-OH is 6. The molecule has 0 radical (unpaired) electrons. The van der Waals surface area contributed by atoms with Gasteiger partial charge in [-0.05, 0) is 6.42 Å². The van der Waals surface area contributed by atoms with Crippen LogP contribution in [0.2, 0.25) is 0 Å². The predicted octanol–water partition coefficient (Wildman–Crippen LogP) is 1.10. The van der Waals surface area contributed by atoms with Crippen LogP contribution in [0.15, 0.2) is 11.5 Å².